The van der Waals surface area contributed by atoms with Crippen LogP contribution in [0.25, 0.3) is 0 Å². The van der Waals surface area contributed by atoms with Crippen molar-refractivity contribution in [2.24, 2.45) is 5.41 Å². The quantitative estimate of drug-likeness (QED) is 0.748. The lowest BCUT2D eigenvalue weighted by Crippen LogP contribution is -2.33. The molecular formula is C12H13BrN2O2. The van der Waals surface area contributed by atoms with Crippen LogP contribution in [0.4, 0.5) is 5.82 Å². The predicted molar refractivity (Wildman–Crippen MR) is 67.6 cm³/mol. The summed E-state index contributed by atoms with van der Waals surface area (Å²) in [6, 6.07) is 3.47. The highest BCUT2D eigenvalue weighted by atomic mass is 79.9. The molecule has 4 nitrogen and oxygen atoms in total. The second-order valence-corrected chi connectivity index (χ2v) is 5.69. The molecule has 5 heteroatoms. The van der Waals surface area contributed by atoms with E-state index in [1.165, 1.54) is 4.90 Å². The standard InChI is InChI=1S/C12H13BrN2O2/c1-7-8(13)4-5-9(14-7)15-10(16)6-12(2,3)11(15)17/h4-5H,6H2,1-3H3. The van der Waals surface area contributed by atoms with Crippen molar-refractivity contribution in [2.45, 2.75) is 27.2 Å². The Labute approximate surface area is 108 Å². The summed E-state index contributed by atoms with van der Waals surface area (Å²) in [5, 5.41) is 0. The number of carbonyl (C=O) groups is 2. The van der Waals surface area contributed by atoms with E-state index < -0.39 is 5.41 Å². The minimum absolute atomic E-state index is 0.184. The number of amides is 2. The summed E-state index contributed by atoms with van der Waals surface area (Å²) in [5.41, 5.74) is 0.132. The van der Waals surface area contributed by atoms with Gasteiger partial charge in [-0.25, -0.2) is 9.88 Å². The molecule has 2 amide bonds. The summed E-state index contributed by atoms with van der Waals surface area (Å²) in [4.78, 5) is 29.4. The first kappa shape index (κ1) is 12.2. The Bertz CT molecular complexity index is 511. The van der Waals surface area contributed by atoms with Crippen molar-refractivity contribution >= 4 is 33.6 Å². The molecule has 0 spiro atoms. The summed E-state index contributed by atoms with van der Waals surface area (Å²) < 4.78 is 0.861. The highest BCUT2D eigenvalue weighted by Gasteiger charge is 2.46. The van der Waals surface area contributed by atoms with Crippen molar-refractivity contribution in [3.05, 3.63) is 22.3 Å². The van der Waals surface area contributed by atoms with Crippen LogP contribution in [0.1, 0.15) is 26.0 Å². The van der Waals surface area contributed by atoms with Gasteiger partial charge in [0.1, 0.15) is 5.82 Å². The lowest BCUT2D eigenvalue weighted by molar-refractivity contribution is -0.124. The van der Waals surface area contributed by atoms with Crippen molar-refractivity contribution in [3.8, 4) is 0 Å². The summed E-state index contributed by atoms with van der Waals surface area (Å²) in [6.45, 7) is 5.38. The molecule has 2 heterocycles. The number of nitrogens with zero attached hydrogens (tertiary/aromatic N) is 2. The Morgan fingerprint density at radius 3 is 2.47 bits per heavy atom. The summed E-state index contributed by atoms with van der Waals surface area (Å²) >= 11 is 3.34. The lowest BCUT2D eigenvalue weighted by Gasteiger charge is -2.17. The molecule has 2 rings (SSSR count). The van der Waals surface area contributed by atoms with Crippen LogP contribution in [0, 0.1) is 12.3 Å². The molecule has 1 aromatic heterocycles. The zero-order valence-corrected chi connectivity index (χ0v) is 11.5. The third-order valence-electron chi connectivity index (χ3n) is 2.86. The van der Waals surface area contributed by atoms with Crippen LogP contribution < -0.4 is 4.90 Å². The van der Waals surface area contributed by atoms with Gasteiger partial charge in [0.25, 0.3) is 0 Å². The van der Waals surface area contributed by atoms with Gasteiger partial charge in [0.2, 0.25) is 11.8 Å². The van der Waals surface area contributed by atoms with E-state index in [0.717, 1.165) is 10.2 Å². The van der Waals surface area contributed by atoms with Crippen molar-refractivity contribution < 1.29 is 9.59 Å². The fraction of sp³-hybridized carbons (Fsp3) is 0.417. The fourth-order valence-electron chi connectivity index (χ4n) is 1.84. The number of anilines is 1. The third-order valence-corrected chi connectivity index (χ3v) is 3.70. The van der Waals surface area contributed by atoms with Gasteiger partial charge >= 0.3 is 0 Å². The minimum atomic E-state index is -0.625. The molecule has 17 heavy (non-hydrogen) atoms. The Hall–Kier alpha value is -1.23. The molecule has 1 aliphatic heterocycles. The van der Waals surface area contributed by atoms with E-state index in [1.54, 1.807) is 26.0 Å². The average Bonchev–Trinajstić information content (AvgIpc) is 2.42. The van der Waals surface area contributed by atoms with Crippen LogP contribution in [0.3, 0.4) is 0 Å². The maximum absolute atomic E-state index is 12.1. The van der Waals surface area contributed by atoms with Crippen LogP contribution in [0.2, 0.25) is 0 Å². The largest absolute Gasteiger partial charge is 0.274 e. The molecule has 0 bridgehead atoms. The number of rotatable bonds is 1. The zero-order chi connectivity index (χ0) is 12.8. The minimum Gasteiger partial charge on any atom is -0.274 e. The monoisotopic (exact) mass is 296 g/mol. The topological polar surface area (TPSA) is 50.3 Å². The van der Waals surface area contributed by atoms with Gasteiger partial charge in [-0.05, 0) is 35.0 Å². The molecule has 90 valence electrons. The molecule has 1 saturated heterocycles. The van der Waals surface area contributed by atoms with Crippen molar-refractivity contribution in [3.63, 3.8) is 0 Å². The van der Waals surface area contributed by atoms with Gasteiger partial charge in [-0.1, -0.05) is 13.8 Å². The fourth-order valence-corrected chi connectivity index (χ4v) is 2.06. The van der Waals surface area contributed by atoms with E-state index in [1.807, 2.05) is 6.92 Å². The van der Waals surface area contributed by atoms with E-state index in [2.05, 4.69) is 20.9 Å². The first-order chi connectivity index (χ1) is 7.83. The molecule has 0 N–H and O–H groups in total. The summed E-state index contributed by atoms with van der Waals surface area (Å²) in [6.07, 6.45) is 0.239. The second kappa shape index (κ2) is 3.91. The van der Waals surface area contributed by atoms with Crippen LogP contribution in [-0.4, -0.2) is 16.8 Å². The van der Waals surface area contributed by atoms with E-state index in [9.17, 15) is 9.59 Å². The second-order valence-electron chi connectivity index (χ2n) is 4.83. The number of pyridine rings is 1. The highest BCUT2D eigenvalue weighted by molar-refractivity contribution is 9.10. The normalized spacial score (nSPS) is 18.9. The maximum Gasteiger partial charge on any atom is 0.241 e. The number of carbonyl (C=O) groups excluding carboxylic acids is 2. The van der Waals surface area contributed by atoms with Crippen molar-refractivity contribution in [1.82, 2.24) is 4.98 Å². The van der Waals surface area contributed by atoms with Crippen LogP contribution in [0.15, 0.2) is 16.6 Å². The molecule has 0 aliphatic carbocycles. The van der Waals surface area contributed by atoms with Crippen molar-refractivity contribution in [1.29, 1.82) is 0 Å². The first-order valence-electron chi connectivity index (χ1n) is 5.33. The maximum atomic E-state index is 12.1. The Balaban J connectivity index is 2.44. The van der Waals surface area contributed by atoms with Crippen LogP contribution >= 0.6 is 15.9 Å². The van der Waals surface area contributed by atoms with E-state index in [0.29, 0.717) is 5.82 Å². The lowest BCUT2D eigenvalue weighted by atomic mass is 9.92. The highest BCUT2D eigenvalue weighted by Crippen LogP contribution is 2.34. The number of hydrogen-bond acceptors (Lipinski definition) is 3. The van der Waals surface area contributed by atoms with Crippen molar-refractivity contribution in [2.75, 3.05) is 4.90 Å². The smallest absolute Gasteiger partial charge is 0.241 e. The Kier molecular flexibility index (Phi) is 2.81. The molecule has 1 fully saturated rings. The Morgan fingerprint density at radius 1 is 1.35 bits per heavy atom. The summed E-state index contributed by atoms with van der Waals surface area (Å²) in [7, 11) is 0. The van der Waals surface area contributed by atoms with Gasteiger partial charge in [-0.2, -0.15) is 0 Å². The molecule has 1 aromatic rings. The molecule has 0 aromatic carbocycles. The van der Waals surface area contributed by atoms with E-state index >= 15 is 0 Å². The van der Waals surface area contributed by atoms with Crippen LogP contribution in [0.5, 0.6) is 0 Å². The molecule has 1 aliphatic rings. The van der Waals surface area contributed by atoms with Gasteiger partial charge in [0.05, 0.1) is 11.1 Å². The molecule has 0 saturated carbocycles. The molecule has 0 unspecified atom stereocenters. The summed E-state index contributed by atoms with van der Waals surface area (Å²) in [5.74, 6) is 0.0391. The van der Waals surface area contributed by atoms with Gasteiger partial charge in [0, 0.05) is 10.9 Å². The predicted octanol–water partition coefficient (Wildman–Crippen LogP) is 2.44. The Morgan fingerprint density at radius 2 is 2.00 bits per heavy atom. The first-order valence-corrected chi connectivity index (χ1v) is 6.13. The zero-order valence-electron chi connectivity index (χ0n) is 9.95. The average molecular weight is 297 g/mol. The van der Waals surface area contributed by atoms with Gasteiger partial charge in [-0.15, -0.1) is 0 Å². The molecular weight excluding hydrogens is 284 g/mol. The SMILES string of the molecule is Cc1nc(N2C(=O)CC(C)(C)C2=O)ccc1Br. The molecule has 0 atom stereocenters. The van der Waals surface area contributed by atoms with Gasteiger partial charge in [0.15, 0.2) is 0 Å². The number of imide groups is 1. The molecule has 0 radical (unpaired) electrons. The van der Waals surface area contributed by atoms with Gasteiger partial charge < -0.3 is 0 Å². The number of aryl methyl sites for hydroxylation is 1. The number of halogens is 1. The van der Waals surface area contributed by atoms with Gasteiger partial charge in [-0.3, -0.25) is 9.59 Å². The number of aromatic nitrogens is 1. The van der Waals surface area contributed by atoms with E-state index in [4.69, 9.17) is 0 Å². The van der Waals surface area contributed by atoms with Crippen LogP contribution in [-0.2, 0) is 9.59 Å². The number of hydrogen-bond donors (Lipinski definition) is 0. The third kappa shape index (κ3) is 1.99. The van der Waals surface area contributed by atoms with E-state index in [-0.39, 0.29) is 18.2 Å².